The third-order valence-electron chi connectivity index (χ3n) is 3.96. The standard InChI is InChI=1S/C16H24N4S/c1-16(2,3)19-9-12-5-4-7-20(10-12)15-14-13(6-8-21-14)17-11-18-15/h6,8,11-12,19H,4-5,7,9-10H2,1-3H3. The molecule has 4 nitrogen and oxygen atoms in total. The summed E-state index contributed by atoms with van der Waals surface area (Å²) in [6.45, 7) is 9.97. The molecule has 2 aromatic rings. The van der Waals surface area contributed by atoms with Gasteiger partial charge in [0.15, 0.2) is 0 Å². The van der Waals surface area contributed by atoms with E-state index in [0.717, 1.165) is 31.0 Å². The molecule has 0 aliphatic carbocycles. The molecule has 3 heterocycles. The first-order valence-electron chi connectivity index (χ1n) is 7.71. The summed E-state index contributed by atoms with van der Waals surface area (Å²) in [5, 5.41) is 5.74. The van der Waals surface area contributed by atoms with Crippen molar-refractivity contribution in [3.05, 3.63) is 17.8 Å². The van der Waals surface area contributed by atoms with E-state index < -0.39 is 0 Å². The van der Waals surface area contributed by atoms with Crippen molar-refractivity contribution in [2.45, 2.75) is 39.2 Å². The minimum Gasteiger partial charge on any atom is -0.355 e. The van der Waals surface area contributed by atoms with Crippen LogP contribution in [0.4, 0.5) is 5.82 Å². The lowest BCUT2D eigenvalue weighted by molar-refractivity contribution is 0.335. The van der Waals surface area contributed by atoms with Crippen molar-refractivity contribution >= 4 is 27.4 Å². The Labute approximate surface area is 130 Å². The smallest absolute Gasteiger partial charge is 0.150 e. The lowest BCUT2D eigenvalue weighted by Gasteiger charge is -2.35. The molecule has 1 aliphatic rings. The molecular weight excluding hydrogens is 280 g/mol. The molecule has 114 valence electrons. The average molecular weight is 304 g/mol. The van der Waals surface area contributed by atoms with Gasteiger partial charge in [-0.1, -0.05) is 0 Å². The van der Waals surface area contributed by atoms with Crippen molar-refractivity contribution in [2.24, 2.45) is 5.92 Å². The predicted molar refractivity (Wildman–Crippen MR) is 90.1 cm³/mol. The van der Waals surface area contributed by atoms with Gasteiger partial charge >= 0.3 is 0 Å². The van der Waals surface area contributed by atoms with E-state index in [2.05, 4.69) is 52.4 Å². The molecule has 1 N–H and O–H groups in total. The highest BCUT2D eigenvalue weighted by atomic mass is 32.1. The summed E-state index contributed by atoms with van der Waals surface area (Å²) in [5.74, 6) is 1.82. The zero-order valence-corrected chi connectivity index (χ0v) is 13.9. The molecule has 21 heavy (non-hydrogen) atoms. The monoisotopic (exact) mass is 304 g/mol. The second-order valence-electron chi connectivity index (χ2n) is 6.92. The van der Waals surface area contributed by atoms with Gasteiger partial charge in [0.2, 0.25) is 0 Å². The van der Waals surface area contributed by atoms with Gasteiger partial charge < -0.3 is 10.2 Å². The first kappa shape index (κ1) is 14.7. The van der Waals surface area contributed by atoms with Gasteiger partial charge in [0.1, 0.15) is 12.1 Å². The molecule has 2 aromatic heterocycles. The zero-order valence-electron chi connectivity index (χ0n) is 13.1. The van der Waals surface area contributed by atoms with Crippen molar-refractivity contribution in [1.29, 1.82) is 0 Å². The zero-order chi connectivity index (χ0) is 14.9. The van der Waals surface area contributed by atoms with Crippen molar-refractivity contribution in [2.75, 3.05) is 24.5 Å². The van der Waals surface area contributed by atoms with Crippen LogP contribution >= 0.6 is 11.3 Å². The van der Waals surface area contributed by atoms with Gasteiger partial charge in [-0.3, -0.25) is 0 Å². The van der Waals surface area contributed by atoms with Crippen LogP contribution < -0.4 is 10.2 Å². The molecule has 3 rings (SSSR count). The molecule has 0 radical (unpaired) electrons. The molecule has 0 bridgehead atoms. The largest absolute Gasteiger partial charge is 0.355 e. The summed E-state index contributed by atoms with van der Waals surface area (Å²) in [5.41, 5.74) is 1.26. The summed E-state index contributed by atoms with van der Waals surface area (Å²) in [6.07, 6.45) is 4.24. The van der Waals surface area contributed by atoms with E-state index in [4.69, 9.17) is 0 Å². The van der Waals surface area contributed by atoms with E-state index in [-0.39, 0.29) is 5.54 Å². The SMILES string of the molecule is CC(C)(C)NCC1CCCN(c2ncnc3ccsc23)C1. The van der Waals surface area contributed by atoms with Gasteiger partial charge in [0.25, 0.3) is 0 Å². The van der Waals surface area contributed by atoms with E-state index >= 15 is 0 Å². The van der Waals surface area contributed by atoms with Crippen molar-refractivity contribution < 1.29 is 0 Å². The Kier molecular flexibility index (Phi) is 4.13. The molecule has 1 saturated heterocycles. The number of nitrogens with one attached hydrogen (secondary N) is 1. The normalized spacial score (nSPS) is 20.1. The van der Waals surface area contributed by atoms with Crippen LogP contribution in [0.3, 0.4) is 0 Å². The number of fused-ring (bicyclic) bond motifs is 1. The van der Waals surface area contributed by atoms with Crippen molar-refractivity contribution in [3.63, 3.8) is 0 Å². The van der Waals surface area contributed by atoms with Crippen LogP contribution in [0.25, 0.3) is 10.2 Å². The number of aromatic nitrogens is 2. The molecule has 0 saturated carbocycles. The Morgan fingerprint density at radius 2 is 2.24 bits per heavy atom. The Morgan fingerprint density at radius 3 is 3.05 bits per heavy atom. The van der Waals surface area contributed by atoms with Gasteiger partial charge in [-0.15, -0.1) is 11.3 Å². The number of nitrogens with zero attached hydrogens (tertiary/aromatic N) is 3. The maximum absolute atomic E-state index is 4.55. The maximum atomic E-state index is 4.55. The predicted octanol–water partition coefficient (Wildman–Crippen LogP) is 3.30. The second kappa shape index (κ2) is 5.89. The van der Waals surface area contributed by atoms with Crippen molar-refractivity contribution in [1.82, 2.24) is 15.3 Å². The Hall–Kier alpha value is -1.20. The lowest BCUT2D eigenvalue weighted by atomic mass is 9.96. The second-order valence-corrected chi connectivity index (χ2v) is 7.83. The summed E-state index contributed by atoms with van der Waals surface area (Å²) in [4.78, 5) is 11.3. The lowest BCUT2D eigenvalue weighted by Crippen LogP contribution is -2.44. The Balaban J connectivity index is 1.72. The molecule has 1 atom stereocenters. The number of rotatable bonds is 3. The molecule has 5 heteroatoms. The summed E-state index contributed by atoms with van der Waals surface area (Å²) in [6, 6.07) is 2.08. The Bertz CT molecular complexity index is 602. The van der Waals surface area contributed by atoms with Gasteiger partial charge in [-0.25, -0.2) is 9.97 Å². The topological polar surface area (TPSA) is 41.0 Å². The number of hydrogen-bond acceptors (Lipinski definition) is 5. The summed E-state index contributed by atoms with van der Waals surface area (Å²) < 4.78 is 1.22. The minimum absolute atomic E-state index is 0.193. The molecule has 0 aromatic carbocycles. The molecule has 1 unspecified atom stereocenters. The van der Waals surface area contributed by atoms with Gasteiger partial charge in [0, 0.05) is 25.2 Å². The van der Waals surface area contributed by atoms with Gasteiger partial charge in [-0.05, 0) is 51.0 Å². The fourth-order valence-corrected chi connectivity index (χ4v) is 3.74. The number of hydrogen-bond donors (Lipinski definition) is 1. The van der Waals surface area contributed by atoms with Crippen molar-refractivity contribution in [3.8, 4) is 0 Å². The van der Waals surface area contributed by atoms with Crippen LogP contribution in [0.1, 0.15) is 33.6 Å². The van der Waals surface area contributed by atoms with E-state index in [1.807, 2.05) is 0 Å². The van der Waals surface area contributed by atoms with E-state index in [9.17, 15) is 0 Å². The van der Waals surface area contributed by atoms with Gasteiger partial charge in [-0.2, -0.15) is 0 Å². The minimum atomic E-state index is 0.193. The molecule has 0 spiro atoms. The quantitative estimate of drug-likeness (QED) is 0.944. The fraction of sp³-hybridized carbons (Fsp3) is 0.625. The van der Waals surface area contributed by atoms with Crippen LogP contribution in [0, 0.1) is 5.92 Å². The fourth-order valence-electron chi connectivity index (χ4n) is 2.88. The van der Waals surface area contributed by atoms with Crippen LogP contribution in [0.15, 0.2) is 17.8 Å². The van der Waals surface area contributed by atoms with Crippen LogP contribution in [0.5, 0.6) is 0 Å². The van der Waals surface area contributed by atoms with Crippen LogP contribution in [-0.4, -0.2) is 35.1 Å². The van der Waals surface area contributed by atoms with Crippen LogP contribution in [0.2, 0.25) is 0 Å². The third-order valence-corrected chi connectivity index (χ3v) is 4.86. The van der Waals surface area contributed by atoms with E-state index in [0.29, 0.717) is 5.92 Å². The molecule has 0 amide bonds. The summed E-state index contributed by atoms with van der Waals surface area (Å²) >= 11 is 1.74. The maximum Gasteiger partial charge on any atom is 0.150 e. The number of thiophene rings is 1. The first-order valence-corrected chi connectivity index (χ1v) is 8.59. The highest BCUT2D eigenvalue weighted by Crippen LogP contribution is 2.30. The van der Waals surface area contributed by atoms with Gasteiger partial charge in [0.05, 0.1) is 10.2 Å². The Morgan fingerprint density at radius 1 is 1.38 bits per heavy atom. The number of piperidine rings is 1. The highest BCUT2D eigenvalue weighted by molar-refractivity contribution is 7.17. The van der Waals surface area contributed by atoms with E-state index in [1.165, 1.54) is 17.5 Å². The molecule has 1 fully saturated rings. The molecule has 1 aliphatic heterocycles. The third kappa shape index (κ3) is 3.52. The molecular formula is C16H24N4S. The average Bonchev–Trinajstić information content (AvgIpc) is 2.93. The summed E-state index contributed by atoms with van der Waals surface area (Å²) in [7, 11) is 0. The first-order chi connectivity index (χ1) is 10.0. The van der Waals surface area contributed by atoms with E-state index in [1.54, 1.807) is 17.7 Å². The highest BCUT2D eigenvalue weighted by Gasteiger charge is 2.23. The van der Waals surface area contributed by atoms with Crippen LogP contribution in [-0.2, 0) is 0 Å². The number of anilines is 1.